The summed E-state index contributed by atoms with van der Waals surface area (Å²) in [6.07, 6.45) is 3.11. The molecule has 1 aromatic rings. The third kappa shape index (κ3) is 8.31. The predicted molar refractivity (Wildman–Crippen MR) is 104 cm³/mol. The highest BCUT2D eigenvalue weighted by atomic mass is 31.2. The van der Waals surface area contributed by atoms with Crippen LogP contribution in [0.2, 0.25) is 0 Å². The minimum atomic E-state index is -0.893. The number of carbonyl (C=O) groups excluding carboxylic acids is 1. The number of benzene rings is 1. The topological polar surface area (TPSA) is 44.8 Å². The monoisotopic (exact) mass is 368 g/mol. The second-order valence-corrected chi connectivity index (χ2v) is 8.83. The highest BCUT2D eigenvalue weighted by molar-refractivity contribution is 7.47. The van der Waals surface area contributed by atoms with Gasteiger partial charge in [-0.1, -0.05) is 52.3 Å². The molecule has 5 heteroatoms. The van der Waals surface area contributed by atoms with E-state index in [1.54, 1.807) is 0 Å². The standard InChI is InChI=1S/C20H33O4P/c1-7-12-22-25(14-8-2)23-13-11-19(21)24-18-10-9-16(3)15-17(18)20(4,5)6/h9-10,15H,7-8,11-14H2,1-6H3. The zero-order valence-corrected chi connectivity index (χ0v) is 17.4. The van der Waals surface area contributed by atoms with E-state index < -0.39 is 8.38 Å². The van der Waals surface area contributed by atoms with E-state index in [1.807, 2.05) is 19.1 Å². The van der Waals surface area contributed by atoms with Crippen molar-refractivity contribution in [1.82, 2.24) is 0 Å². The molecule has 0 saturated heterocycles. The number of hydrogen-bond acceptors (Lipinski definition) is 4. The van der Waals surface area contributed by atoms with Gasteiger partial charge in [0.25, 0.3) is 0 Å². The van der Waals surface area contributed by atoms with E-state index in [2.05, 4.69) is 40.7 Å². The van der Waals surface area contributed by atoms with Gasteiger partial charge in [0.15, 0.2) is 8.38 Å². The molecule has 0 heterocycles. The van der Waals surface area contributed by atoms with Crippen LogP contribution in [0.15, 0.2) is 18.2 Å². The van der Waals surface area contributed by atoms with E-state index in [0.29, 0.717) is 19.0 Å². The minimum Gasteiger partial charge on any atom is -0.426 e. The third-order valence-electron chi connectivity index (χ3n) is 3.55. The summed E-state index contributed by atoms with van der Waals surface area (Å²) in [6, 6.07) is 5.93. The SMILES string of the molecule is CCCOP(CCC)OCCC(=O)Oc1ccc(C)cc1C(C)(C)C. The van der Waals surface area contributed by atoms with Gasteiger partial charge in [0, 0.05) is 11.7 Å². The van der Waals surface area contributed by atoms with Crippen LogP contribution >= 0.6 is 8.38 Å². The largest absolute Gasteiger partial charge is 0.426 e. The van der Waals surface area contributed by atoms with Crippen LogP contribution in [-0.4, -0.2) is 25.3 Å². The lowest BCUT2D eigenvalue weighted by Gasteiger charge is -2.23. The minimum absolute atomic E-state index is 0.0818. The highest BCUT2D eigenvalue weighted by Gasteiger charge is 2.21. The fourth-order valence-electron chi connectivity index (χ4n) is 2.27. The van der Waals surface area contributed by atoms with Gasteiger partial charge in [0.1, 0.15) is 5.75 Å². The summed E-state index contributed by atoms with van der Waals surface area (Å²) in [4.78, 5) is 12.2. The fraction of sp³-hybridized carbons (Fsp3) is 0.650. The van der Waals surface area contributed by atoms with Crippen LogP contribution in [-0.2, 0) is 19.3 Å². The van der Waals surface area contributed by atoms with Gasteiger partial charge in [-0.05, 0) is 31.2 Å². The number of aryl methyl sites for hydroxylation is 1. The molecule has 0 aliphatic carbocycles. The quantitative estimate of drug-likeness (QED) is 0.299. The van der Waals surface area contributed by atoms with E-state index in [9.17, 15) is 4.79 Å². The first-order valence-corrected chi connectivity index (χ1v) is 10.5. The van der Waals surface area contributed by atoms with E-state index >= 15 is 0 Å². The van der Waals surface area contributed by atoms with Gasteiger partial charge in [0.2, 0.25) is 0 Å². The molecule has 142 valence electrons. The smallest absolute Gasteiger partial charge is 0.313 e. The molecule has 0 spiro atoms. The molecule has 0 saturated carbocycles. The van der Waals surface area contributed by atoms with Crippen LogP contribution < -0.4 is 4.74 Å². The van der Waals surface area contributed by atoms with Crippen LogP contribution in [0.4, 0.5) is 0 Å². The highest BCUT2D eigenvalue weighted by Crippen LogP contribution is 2.39. The van der Waals surface area contributed by atoms with Crippen LogP contribution in [0.3, 0.4) is 0 Å². The van der Waals surface area contributed by atoms with Crippen molar-refractivity contribution in [3.8, 4) is 5.75 Å². The molecule has 0 aromatic heterocycles. The number of carbonyl (C=O) groups is 1. The molecule has 0 fully saturated rings. The van der Waals surface area contributed by atoms with E-state index in [4.69, 9.17) is 13.8 Å². The van der Waals surface area contributed by atoms with Crippen molar-refractivity contribution in [1.29, 1.82) is 0 Å². The third-order valence-corrected chi connectivity index (χ3v) is 5.31. The van der Waals surface area contributed by atoms with Gasteiger partial charge in [-0.25, -0.2) is 0 Å². The van der Waals surface area contributed by atoms with Crippen LogP contribution in [0.5, 0.6) is 5.75 Å². The van der Waals surface area contributed by atoms with Crippen LogP contribution in [0, 0.1) is 6.92 Å². The summed E-state index contributed by atoms with van der Waals surface area (Å²) >= 11 is 0. The average Bonchev–Trinajstić information content (AvgIpc) is 2.53. The lowest BCUT2D eigenvalue weighted by molar-refractivity contribution is -0.135. The van der Waals surface area contributed by atoms with Crippen molar-refractivity contribution in [2.45, 2.75) is 66.2 Å². The van der Waals surface area contributed by atoms with Gasteiger partial charge >= 0.3 is 5.97 Å². The molecular formula is C20H33O4P. The zero-order chi connectivity index (χ0) is 18.9. The Morgan fingerprint density at radius 2 is 1.76 bits per heavy atom. The molecule has 0 bridgehead atoms. The maximum atomic E-state index is 12.2. The van der Waals surface area contributed by atoms with Crippen molar-refractivity contribution in [2.24, 2.45) is 0 Å². The maximum absolute atomic E-state index is 12.2. The normalized spacial score (nSPS) is 12.9. The Labute approximate surface area is 154 Å². The zero-order valence-electron chi connectivity index (χ0n) is 16.6. The van der Waals surface area contributed by atoms with Gasteiger partial charge in [-0.3, -0.25) is 4.79 Å². The first kappa shape index (κ1) is 22.1. The number of hydrogen-bond donors (Lipinski definition) is 0. The summed E-state index contributed by atoms with van der Waals surface area (Å²) in [5.74, 6) is 0.373. The Morgan fingerprint density at radius 1 is 1.08 bits per heavy atom. The first-order chi connectivity index (χ1) is 11.8. The van der Waals surface area contributed by atoms with E-state index in [0.717, 1.165) is 30.1 Å². The molecule has 4 nitrogen and oxygen atoms in total. The number of rotatable bonds is 10. The van der Waals surface area contributed by atoms with Gasteiger partial charge in [-0.15, -0.1) is 0 Å². The maximum Gasteiger partial charge on any atom is 0.313 e. The summed E-state index contributed by atoms with van der Waals surface area (Å²) in [5, 5.41) is 0. The summed E-state index contributed by atoms with van der Waals surface area (Å²) in [5.41, 5.74) is 2.12. The molecule has 1 unspecified atom stereocenters. The molecule has 0 aliphatic heterocycles. The first-order valence-electron chi connectivity index (χ1n) is 9.13. The van der Waals surface area contributed by atoms with Crippen molar-refractivity contribution in [3.63, 3.8) is 0 Å². The molecule has 0 aliphatic rings. The lowest BCUT2D eigenvalue weighted by Crippen LogP contribution is -2.17. The Bertz CT molecular complexity index is 537. The molecule has 1 rings (SSSR count). The van der Waals surface area contributed by atoms with E-state index in [-0.39, 0.29) is 17.8 Å². The Balaban J connectivity index is 2.57. The fourth-order valence-corrected chi connectivity index (χ4v) is 3.64. The Morgan fingerprint density at radius 3 is 2.36 bits per heavy atom. The average molecular weight is 368 g/mol. The molecule has 1 atom stereocenters. The Hall–Kier alpha value is -0.960. The van der Waals surface area contributed by atoms with Crippen molar-refractivity contribution in [3.05, 3.63) is 29.3 Å². The van der Waals surface area contributed by atoms with Crippen LogP contribution in [0.25, 0.3) is 0 Å². The molecule has 25 heavy (non-hydrogen) atoms. The molecule has 0 radical (unpaired) electrons. The van der Waals surface area contributed by atoms with Gasteiger partial charge in [-0.2, -0.15) is 0 Å². The molecule has 0 N–H and O–H groups in total. The number of ether oxygens (including phenoxy) is 1. The lowest BCUT2D eigenvalue weighted by atomic mass is 9.85. The van der Waals surface area contributed by atoms with Gasteiger partial charge < -0.3 is 13.8 Å². The van der Waals surface area contributed by atoms with Crippen molar-refractivity contribution < 1.29 is 18.6 Å². The number of esters is 1. The van der Waals surface area contributed by atoms with Crippen LogP contribution in [0.1, 0.15) is 65.0 Å². The summed E-state index contributed by atoms with van der Waals surface area (Å²) in [7, 11) is -0.893. The molecule has 0 amide bonds. The predicted octanol–water partition coefficient (Wildman–Crippen LogP) is 5.75. The van der Waals surface area contributed by atoms with E-state index in [1.165, 1.54) is 0 Å². The summed E-state index contributed by atoms with van der Waals surface area (Å²) in [6.45, 7) is 13.6. The van der Waals surface area contributed by atoms with Gasteiger partial charge in [0.05, 0.1) is 19.6 Å². The van der Waals surface area contributed by atoms with Crippen molar-refractivity contribution >= 4 is 14.3 Å². The second-order valence-electron chi connectivity index (χ2n) is 7.20. The summed E-state index contributed by atoms with van der Waals surface area (Å²) < 4.78 is 17.0. The Kier molecular flexibility index (Phi) is 9.63. The molecular weight excluding hydrogens is 335 g/mol. The second kappa shape index (κ2) is 10.9. The molecule has 1 aromatic carbocycles. The van der Waals surface area contributed by atoms with Crippen molar-refractivity contribution in [2.75, 3.05) is 19.4 Å².